The van der Waals surface area contributed by atoms with Crippen molar-refractivity contribution in [1.82, 2.24) is 10.2 Å². The zero-order valence-electron chi connectivity index (χ0n) is 10.1. The standard InChI is InChI=1S/C13H12BrN3O/c1-17(2)13-11(14)12(15-16-13)9-7-18-10-6-4-3-5-8(9)10/h3-7H,1-2H3,(H,15,16). The molecule has 0 aliphatic carbocycles. The Labute approximate surface area is 113 Å². The van der Waals surface area contributed by atoms with Crippen molar-refractivity contribution in [3.8, 4) is 11.3 Å². The summed E-state index contributed by atoms with van der Waals surface area (Å²) in [7, 11) is 3.91. The Morgan fingerprint density at radius 2 is 2.06 bits per heavy atom. The quantitative estimate of drug-likeness (QED) is 0.786. The Morgan fingerprint density at radius 3 is 2.78 bits per heavy atom. The minimum atomic E-state index is 0.871. The van der Waals surface area contributed by atoms with E-state index in [-0.39, 0.29) is 0 Å². The van der Waals surface area contributed by atoms with E-state index in [9.17, 15) is 0 Å². The largest absolute Gasteiger partial charge is 0.464 e. The van der Waals surface area contributed by atoms with Gasteiger partial charge in [0.15, 0.2) is 5.82 Å². The van der Waals surface area contributed by atoms with Gasteiger partial charge in [-0.05, 0) is 22.0 Å². The highest BCUT2D eigenvalue weighted by molar-refractivity contribution is 9.10. The Hall–Kier alpha value is -1.75. The van der Waals surface area contributed by atoms with Crippen LogP contribution in [0.4, 0.5) is 5.82 Å². The Bertz CT molecular complexity index is 699. The molecule has 0 fully saturated rings. The zero-order chi connectivity index (χ0) is 12.7. The lowest BCUT2D eigenvalue weighted by molar-refractivity contribution is 0.616. The number of para-hydroxylation sites is 1. The molecule has 0 unspecified atom stereocenters. The molecule has 2 heterocycles. The summed E-state index contributed by atoms with van der Waals surface area (Å²) in [6, 6.07) is 7.95. The summed E-state index contributed by atoms with van der Waals surface area (Å²) in [5.74, 6) is 0.871. The van der Waals surface area contributed by atoms with Gasteiger partial charge < -0.3 is 9.32 Å². The van der Waals surface area contributed by atoms with Gasteiger partial charge in [0, 0.05) is 25.0 Å². The van der Waals surface area contributed by atoms with Crippen LogP contribution in [0.5, 0.6) is 0 Å². The molecule has 0 amide bonds. The molecule has 0 saturated carbocycles. The van der Waals surface area contributed by atoms with Gasteiger partial charge in [0.05, 0.1) is 10.2 Å². The van der Waals surface area contributed by atoms with Gasteiger partial charge >= 0.3 is 0 Å². The SMILES string of the molecule is CN(C)c1n[nH]c(-c2coc3ccccc23)c1Br. The van der Waals surface area contributed by atoms with E-state index in [1.807, 2.05) is 43.3 Å². The highest BCUT2D eigenvalue weighted by atomic mass is 79.9. The first-order valence-corrected chi connectivity index (χ1v) is 6.35. The number of H-pyrrole nitrogens is 1. The first-order valence-electron chi connectivity index (χ1n) is 5.56. The number of anilines is 1. The Morgan fingerprint density at radius 1 is 1.28 bits per heavy atom. The minimum absolute atomic E-state index is 0.871. The van der Waals surface area contributed by atoms with E-state index < -0.39 is 0 Å². The molecule has 5 heteroatoms. The molecule has 3 aromatic rings. The van der Waals surface area contributed by atoms with Gasteiger partial charge in [0.25, 0.3) is 0 Å². The number of benzene rings is 1. The fourth-order valence-corrected chi connectivity index (χ4v) is 2.71. The zero-order valence-corrected chi connectivity index (χ0v) is 11.7. The molecular weight excluding hydrogens is 294 g/mol. The van der Waals surface area contributed by atoms with Crippen LogP contribution in [0, 0.1) is 0 Å². The van der Waals surface area contributed by atoms with Crippen molar-refractivity contribution in [3.05, 3.63) is 35.0 Å². The lowest BCUT2D eigenvalue weighted by atomic mass is 10.1. The molecule has 1 aromatic carbocycles. The summed E-state index contributed by atoms with van der Waals surface area (Å²) in [5.41, 5.74) is 2.82. The molecule has 1 N–H and O–H groups in total. The summed E-state index contributed by atoms with van der Waals surface area (Å²) >= 11 is 3.58. The maximum Gasteiger partial charge on any atom is 0.164 e. The number of nitrogens with one attached hydrogen (secondary N) is 1. The van der Waals surface area contributed by atoms with Crippen LogP contribution >= 0.6 is 15.9 Å². The van der Waals surface area contributed by atoms with E-state index in [1.165, 1.54) is 0 Å². The highest BCUT2D eigenvalue weighted by Gasteiger charge is 2.17. The van der Waals surface area contributed by atoms with Crippen LogP contribution in [0.25, 0.3) is 22.2 Å². The van der Waals surface area contributed by atoms with Crippen LogP contribution in [-0.2, 0) is 0 Å². The first-order chi connectivity index (χ1) is 8.68. The molecule has 2 aromatic heterocycles. The van der Waals surface area contributed by atoms with E-state index in [0.29, 0.717) is 0 Å². The molecule has 0 bridgehead atoms. The van der Waals surface area contributed by atoms with Crippen molar-refractivity contribution in [2.75, 3.05) is 19.0 Å². The van der Waals surface area contributed by atoms with Crippen molar-refractivity contribution >= 4 is 32.7 Å². The predicted molar refractivity (Wildman–Crippen MR) is 75.8 cm³/mol. The van der Waals surface area contributed by atoms with E-state index in [4.69, 9.17) is 4.42 Å². The highest BCUT2D eigenvalue weighted by Crippen LogP contribution is 2.37. The summed E-state index contributed by atoms with van der Waals surface area (Å²) in [4.78, 5) is 1.95. The maximum atomic E-state index is 5.55. The number of hydrogen-bond acceptors (Lipinski definition) is 3. The summed E-state index contributed by atoms with van der Waals surface area (Å²) in [6.07, 6.45) is 1.75. The minimum Gasteiger partial charge on any atom is -0.464 e. The smallest absolute Gasteiger partial charge is 0.164 e. The summed E-state index contributed by atoms with van der Waals surface area (Å²) in [6.45, 7) is 0. The number of fused-ring (bicyclic) bond motifs is 1. The van der Waals surface area contributed by atoms with E-state index >= 15 is 0 Å². The predicted octanol–water partition coefficient (Wildman–Crippen LogP) is 3.65. The topological polar surface area (TPSA) is 45.1 Å². The Balaban J connectivity index is 2.21. The van der Waals surface area contributed by atoms with Crippen LogP contribution in [-0.4, -0.2) is 24.3 Å². The lowest BCUT2D eigenvalue weighted by Gasteiger charge is -2.07. The van der Waals surface area contributed by atoms with Gasteiger partial charge in [-0.2, -0.15) is 5.10 Å². The molecule has 0 spiro atoms. The number of hydrogen-bond donors (Lipinski definition) is 1. The molecule has 92 valence electrons. The second-order valence-corrected chi connectivity index (χ2v) is 5.07. The molecule has 18 heavy (non-hydrogen) atoms. The first kappa shape index (κ1) is 11.3. The third kappa shape index (κ3) is 1.62. The number of aromatic amines is 1. The molecule has 0 radical (unpaired) electrons. The van der Waals surface area contributed by atoms with Gasteiger partial charge in [-0.1, -0.05) is 18.2 Å². The number of halogens is 1. The van der Waals surface area contributed by atoms with Crippen LogP contribution in [0.15, 0.2) is 39.4 Å². The van der Waals surface area contributed by atoms with Gasteiger partial charge in [-0.3, -0.25) is 5.10 Å². The van der Waals surface area contributed by atoms with Crippen molar-refractivity contribution in [3.63, 3.8) is 0 Å². The second-order valence-electron chi connectivity index (χ2n) is 4.28. The summed E-state index contributed by atoms with van der Waals surface area (Å²) in [5, 5.41) is 8.42. The number of aromatic nitrogens is 2. The maximum absolute atomic E-state index is 5.55. The molecule has 4 nitrogen and oxygen atoms in total. The Kier molecular flexibility index (Phi) is 2.63. The van der Waals surface area contributed by atoms with Crippen molar-refractivity contribution in [1.29, 1.82) is 0 Å². The average Bonchev–Trinajstić information content (AvgIpc) is 2.92. The third-order valence-electron chi connectivity index (χ3n) is 2.86. The van der Waals surface area contributed by atoms with Crippen LogP contribution in [0.2, 0.25) is 0 Å². The number of nitrogens with zero attached hydrogens (tertiary/aromatic N) is 2. The second kappa shape index (κ2) is 4.17. The van der Waals surface area contributed by atoms with Crippen LogP contribution in [0.1, 0.15) is 0 Å². The fourth-order valence-electron chi connectivity index (χ4n) is 1.97. The number of furan rings is 1. The van der Waals surface area contributed by atoms with Gasteiger partial charge in [-0.15, -0.1) is 0 Å². The van der Waals surface area contributed by atoms with E-state index in [0.717, 1.165) is 32.5 Å². The van der Waals surface area contributed by atoms with E-state index in [2.05, 4.69) is 26.1 Å². The normalized spacial score (nSPS) is 11.1. The van der Waals surface area contributed by atoms with Crippen molar-refractivity contribution in [2.45, 2.75) is 0 Å². The van der Waals surface area contributed by atoms with Crippen molar-refractivity contribution in [2.24, 2.45) is 0 Å². The third-order valence-corrected chi connectivity index (χ3v) is 3.61. The van der Waals surface area contributed by atoms with Crippen molar-refractivity contribution < 1.29 is 4.42 Å². The average molecular weight is 306 g/mol. The molecular formula is C13H12BrN3O. The number of rotatable bonds is 2. The summed E-state index contributed by atoms with van der Waals surface area (Å²) < 4.78 is 6.49. The molecule has 3 rings (SSSR count). The van der Waals surface area contributed by atoms with Gasteiger partial charge in [0.1, 0.15) is 11.8 Å². The van der Waals surface area contributed by atoms with E-state index in [1.54, 1.807) is 6.26 Å². The van der Waals surface area contributed by atoms with Gasteiger partial charge in [-0.25, -0.2) is 0 Å². The molecule has 0 aliphatic rings. The van der Waals surface area contributed by atoms with Gasteiger partial charge in [0.2, 0.25) is 0 Å². The lowest BCUT2D eigenvalue weighted by Crippen LogP contribution is -2.09. The van der Waals surface area contributed by atoms with Crippen LogP contribution < -0.4 is 4.90 Å². The molecule has 0 saturated heterocycles. The molecule has 0 atom stereocenters. The van der Waals surface area contributed by atoms with Crippen LogP contribution in [0.3, 0.4) is 0 Å². The molecule has 0 aliphatic heterocycles. The monoisotopic (exact) mass is 305 g/mol. The fraction of sp³-hybridized carbons (Fsp3) is 0.154.